The fourth-order valence-electron chi connectivity index (χ4n) is 3.43. The molecule has 2 aromatic carbocycles. The Balaban J connectivity index is 1.60. The molecular formula is C22H27ClN4O3S. The molecule has 1 atom stereocenters. The van der Waals surface area contributed by atoms with Crippen LogP contribution < -0.4 is 10.2 Å². The standard InChI is InChI=1S/C22H27ClN4O3S/c1-16(26-22-20-10-5-17(23)14-21(20)24-15-25-22)4-3-11-27(12-13-28)18-6-8-19(9-7-18)31(2,29)30/h5-10,14-16,28H,3-4,11-13H2,1-2H3,(H,24,25,26). The molecule has 0 aliphatic rings. The van der Waals surface area contributed by atoms with Gasteiger partial charge in [0.2, 0.25) is 0 Å². The molecule has 31 heavy (non-hydrogen) atoms. The van der Waals surface area contributed by atoms with Crippen LogP contribution in [0, 0.1) is 0 Å². The van der Waals surface area contributed by atoms with Crippen molar-refractivity contribution in [3.63, 3.8) is 0 Å². The van der Waals surface area contributed by atoms with Crippen LogP contribution in [0.4, 0.5) is 11.5 Å². The van der Waals surface area contributed by atoms with Crippen LogP contribution in [-0.4, -0.2) is 55.5 Å². The molecule has 0 aliphatic carbocycles. The van der Waals surface area contributed by atoms with Gasteiger partial charge in [-0.1, -0.05) is 11.6 Å². The van der Waals surface area contributed by atoms with E-state index in [4.69, 9.17) is 11.6 Å². The van der Waals surface area contributed by atoms with Gasteiger partial charge in [-0.15, -0.1) is 0 Å². The largest absolute Gasteiger partial charge is 0.395 e. The lowest BCUT2D eigenvalue weighted by atomic mass is 10.1. The number of hydrogen-bond donors (Lipinski definition) is 2. The van der Waals surface area contributed by atoms with Gasteiger partial charge in [-0.3, -0.25) is 0 Å². The molecule has 3 aromatic rings. The summed E-state index contributed by atoms with van der Waals surface area (Å²) in [6.45, 7) is 3.35. The molecule has 7 nitrogen and oxygen atoms in total. The molecule has 1 aromatic heterocycles. The fourth-order valence-corrected chi connectivity index (χ4v) is 4.23. The van der Waals surface area contributed by atoms with Gasteiger partial charge in [0, 0.05) is 41.5 Å². The van der Waals surface area contributed by atoms with Crippen LogP contribution in [0.2, 0.25) is 5.02 Å². The molecule has 2 N–H and O–H groups in total. The highest BCUT2D eigenvalue weighted by Gasteiger charge is 2.12. The highest BCUT2D eigenvalue weighted by Crippen LogP contribution is 2.24. The Morgan fingerprint density at radius 1 is 1.13 bits per heavy atom. The number of rotatable bonds is 10. The molecule has 0 radical (unpaired) electrons. The Hall–Kier alpha value is -2.42. The number of benzene rings is 2. The smallest absolute Gasteiger partial charge is 0.175 e. The zero-order valence-corrected chi connectivity index (χ0v) is 19.2. The summed E-state index contributed by atoms with van der Waals surface area (Å²) in [5.74, 6) is 0.776. The third kappa shape index (κ3) is 6.29. The average molecular weight is 463 g/mol. The quantitative estimate of drug-likeness (QED) is 0.473. The van der Waals surface area contributed by atoms with E-state index in [0.717, 1.165) is 41.8 Å². The first-order chi connectivity index (χ1) is 14.8. The molecule has 166 valence electrons. The summed E-state index contributed by atoms with van der Waals surface area (Å²) in [5, 5.41) is 14.4. The van der Waals surface area contributed by atoms with Crippen molar-refractivity contribution in [3.8, 4) is 0 Å². The SMILES string of the molecule is CC(CCCN(CCO)c1ccc(S(C)(=O)=O)cc1)Nc1ncnc2cc(Cl)ccc12. The van der Waals surface area contributed by atoms with Gasteiger partial charge in [0.05, 0.1) is 17.0 Å². The summed E-state index contributed by atoms with van der Waals surface area (Å²) in [6, 6.07) is 12.5. The van der Waals surface area contributed by atoms with E-state index >= 15 is 0 Å². The number of aliphatic hydroxyl groups excluding tert-OH is 1. The van der Waals surface area contributed by atoms with Crippen LogP contribution in [0.5, 0.6) is 0 Å². The third-order valence-electron chi connectivity index (χ3n) is 5.05. The van der Waals surface area contributed by atoms with E-state index in [1.807, 2.05) is 18.2 Å². The maximum Gasteiger partial charge on any atom is 0.175 e. The van der Waals surface area contributed by atoms with Crippen LogP contribution in [0.15, 0.2) is 53.7 Å². The van der Waals surface area contributed by atoms with E-state index < -0.39 is 9.84 Å². The number of halogens is 1. The van der Waals surface area contributed by atoms with E-state index in [-0.39, 0.29) is 17.5 Å². The summed E-state index contributed by atoms with van der Waals surface area (Å²) >= 11 is 6.05. The molecule has 0 saturated carbocycles. The van der Waals surface area contributed by atoms with Crippen molar-refractivity contribution >= 4 is 43.8 Å². The Morgan fingerprint density at radius 2 is 1.87 bits per heavy atom. The van der Waals surface area contributed by atoms with Gasteiger partial charge in [-0.05, 0) is 62.2 Å². The Labute approximate surface area is 188 Å². The number of nitrogens with one attached hydrogen (secondary N) is 1. The summed E-state index contributed by atoms with van der Waals surface area (Å²) in [4.78, 5) is 11.0. The highest BCUT2D eigenvalue weighted by atomic mass is 35.5. The van der Waals surface area contributed by atoms with Crippen LogP contribution >= 0.6 is 11.6 Å². The minimum atomic E-state index is -3.23. The number of fused-ring (bicyclic) bond motifs is 1. The zero-order chi connectivity index (χ0) is 22.4. The van der Waals surface area contributed by atoms with Gasteiger partial charge in [0.15, 0.2) is 9.84 Å². The van der Waals surface area contributed by atoms with Gasteiger partial charge in [-0.25, -0.2) is 18.4 Å². The lowest BCUT2D eigenvalue weighted by molar-refractivity contribution is 0.301. The van der Waals surface area contributed by atoms with E-state index in [2.05, 4.69) is 27.1 Å². The normalized spacial score (nSPS) is 12.6. The Morgan fingerprint density at radius 3 is 2.55 bits per heavy atom. The molecular weight excluding hydrogens is 436 g/mol. The van der Waals surface area contributed by atoms with E-state index in [1.54, 1.807) is 24.3 Å². The molecule has 0 saturated heterocycles. The lowest BCUT2D eigenvalue weighted by Gasteiger charge is -2.25. The van der Waals surface area contributed by atoms with Crippen molar-refractivity contribution in [2.45, 2.75) is 30.7 Å². The van der Waals surface area contributed by atoms with E-state index in [1.165, 1.54) is 12.6 Å². The maximum absolute atomic E-state index is 11.7. The number of aromatic nitrogens is 2. The summed E-state index contributed by atoms with van der Waals surface area (Å²) in [7, 11) is -3.23. The van der Waals surface area contributed by atoms with Crippen molar-refractivity contribution in [1.82, 2.24) is 9.97 Å². The first-order valence-corrected chi connectivity index (χ1v) is 12.4. The number of nitrogens with zero attached hydrogens (tertiary/aromatic N) is 3. The fraction of sp³-hybridized carbons (Fsp3) is 0.364. The minimum absolute atomic E-state index is 0.0249. The van der Waals surface area contributed by atoms with Gasteiger partial charge < -0.3 is 15.3 Å². The molecule has 1 heterocycles. The van der Waals surface area contributed by atoms with Gasteiger partial charge >= 0.3 is 0 Å². The summed E-state index contributed by atoms with van der Waals surface area (Å²) in [6.07, 6.45) is 4.49. The summed E-state index contributed by atoms with van der Waals surface area (Å²) < 4.78 is 23.3. The molecule has 3 rings (SSSR count). The lowest BCUT2D eigenvalue weighted by Crippen LogP contribution is -2.29. The third-order valence-corrected chi connectivity index (χ3v) is 6.41. The molecule has 0 amide bonds. The van der Waals surface area contributed by atoms with Gasteiger partial charge in [-0.2, -0.15) is 0 Å². The van der Waals surface area contributed by atoms with Crippen LogP contribution in [-0.2, 0) is 9.84 Å². The van der Waals surface area contributed by atoms with Crippen molar-refractivity contribution in [2.24, 2.45) is 0 Å². The van der Waals surface area contributed by atoms with Crippen molar-refractivity contribution in [1.29, 1.82) is 0 Å². The van der Waals surface area contributed by atoms with Gasteiger partial charge in [0.1, 0.15) is 12.1 Å². The number of anilines is 2. The molecule has 0 aliphatic heterocycles. The van der Waals surface area contributed by atoms with Gasteiger partial charge in [0.25, 0.3) is 0 Å². The Bertz CT molecular complexity index is 1120. The minimum Gasteiger partial charge on any atom is -0.395 e. The van der Waals surface area contributed by atoms with Crippen LogP contribution in [0.3, 0.4) is 0 Å². The summed E-state index contributed by atoms with van der Waals surface area (Å²) in [5.41, 5.74) is 1.68. The maximum atomic E-state index is 11.7. The second kappa shape index (κ2) is 10.3. The Kier molecular flexibility index (Phi) is 7.69. The molecule has 0 fully saturated rings. The van der Waals surface area contributed by atoms with Crippen LogP contribution in [0.1, 0.15) is 19.8 Å². The number of aliphatic hydroxyl groups is 1. The number of sulfone groups is 1. The predicted molar refractivity (Wildman–Crippen MR) is 126 cm³/mol. The zero-order valence-electron chi connectivity index (χ0n) is 17.6. The topological polar surface area (TPSA) is 95.4 Å². The highest BCUT2D eigenvalue weighted by molar-refractivity contribution is 7.90. The second-order valence-electron chi connectivity index (χ2n) is 7.55. The molecule has 0 spiro atoms. The first kappa shape index (κ1) is 23.2. The second-order valence-corrected chi connectivity index (χ2v) is 10.0. The molecule has 1 unspecified atom stereocenters. The molecule has 9 heteroatoms. The van der Waals surface area contributed by atoms with Crippen molar-refractivity contribution in [3.05, 3.63) is 53.8 Å². The van der Waals surface area contributed by atoms with E-state index in [9.17, 15) is 13.5 Å². The average Bonchev–Trinajstić information content (AvgIpc) is 2.72. The van der Waals surface area contributed by atoms with E-state index in [0.29, 0.717) is 11.6 Å². The monoisotopic (exact) mass is 462 g/mol. The van der Waals surface area contributed by atoms with Crippen molar-refractivity contribution < 1.29 is 13.5 Å². The predicted octanol–water partition coefficient (Wildman–Crippen LogP) is 3.77. The van der Waals surface area contributed by atoms with Crippen LogP contribution in [0.25, 0.3) is 10.9 Å². The molecule has 0 bridgehead atoms. The first-order valence-electron chi connectivity index (χ1n) is 10.1. The van der Waals surface area contributed by atoms with Crippen molar-refractivity contribution in [2.75, 3.05) is 36.2 Å². The number of hydrogen-bond acceptors (Lipinski definition) is 7.